The third-order valence-corrected chi connectivity index (χ3v) is 3.45. The Morgan fingerprint density at radius 1 is 1.44 bits per heavy atom. The molecule has 1 heterocycles. The zero-order chi connectivity index (χ0) is 11.4. The van der Waals surface area contributed by atoms with E-state index in [2.05, 4.69) is 5.32 Å². The van der Waals surface area contributed by atoms with Crippen molar-refractivity contribution in [2.45, 2.75) is 44.8 Å². The lowest BCUT2D eigenvalue weighted by Gasteiger charge is -2.34. The Kier molecular flexibility index (Phi) is 4.18. The lowest BCUT2D eigenvalue weighted by Crippen LogP contribution is -2.50. The van der Waals surface area contributed by atoms with Gasteiger partial charge in [-0.2, -0.15) is 0 Å². The van der Waals surface area contributed by atoms with Crippen molar-refractivity contribution in [1.82, 2.24) is 5.32 Å². The van der Waals surface area contributed by atoms with E-state index < -0.39 is 0 Å². The Balaban J connectivity index is 1.76. The van der Waals surface area contributed by atoms with Crippen molar-refractivity contribution in [1.29, 1.82) is 0 Å². The average Bonchev–Trinajstić information content (AvgIpc) is 2.17. The molecule has 92 valence electrons. The molecule has 0 bridgehead atoms. The summed E-state index contributed by atoms with van der Waals surface area (Å²) in [6, 6.07) is 0.0336. The summed E-state index contributed by atoms with van der Waals surface area (Å²) in [6.45, 7) is 3.71. The molecule has 0 aromatic carbocycles. The zero-order valence-corrected chi connectivity index (χ0v) is 9.91. The second kappa shape index (κ2) is 5.64. The smallest absolute Gasteiger partial charge is 0.217 e. The van der Waals surface area contributed by atoms with Crippen molar-refractivity contribution < 1.29 is 14.3 Å². The lowest BCUT2D eigenvalue weighted by molar-refractivity contribution is -0.124. The van der Waals surface area contributed by atoms with E-state index in [1.165, 1.54) is 26.2 Å². The fourth-order valence-electron chi connectivity index (χ4n) is 2.23. The van der Waals surface area contributed by atoms with E-state index >= 15 is 0 Å². The maximum atomic E-state index is 11.0. The number of carbonyl (C=O) groups excluding carboxylic acids is 1. The van der Waals surface area contributed by atoms with Gasteiger partial charge in [-0.15, -0.1) is 0 Å². The number of nitrogens with one attached hydrogen (secondary N) is 1. The van der Waals surface area contributed by atoms with Crippen molar-refractivity contribution in [2.24, 2.45) is 5.92 Å². The summed E-state index contributed by atoms with van der Waals surface area (Å²) >= 11 is 0. The van der Waals surface area contributed by atoms with Gasteiger partial charge in [0.05, 0.1) is 18.8 Å². The molecule has 4 heteroatoms. The van der Waals surface area contributed by atoms with Crippen LogP contribution in [0.5, 0.6) is 0 Å². The molecular weight excluding hydrogens is 206 g/mol. The van der Waals surface area contributed by atoms with Crippen LogP contribution >= 0.6 is 0 Å². The molecule has 1 N–H and O–H groups in total. The molecule has 1 aliphatic heterocycles. The van der Waals surface area contributed by atoms with E-state index in [-0.39, 0.29) is 18.1 Å². The first kappa shape index (κ1) is 11.9. The third kappa shape index (κ3) is 3.19. The summed E-state index contributed by atoms with van der Waals surface area (Å²) in [4.78, 5) is 11.0. The minimum absolute atomic E-state index is 0.00672. The average molecular weight is 227 g/mol. The van der Waals surface area contributed by atoms with Crippen LogP contribution in [-0.2, 0) is 14.3 Å². The van der Waals surface area contributed by atoms with Gasteiger partial charge < -0.3 is 14.8 Å². The second-order valence-electron chi connectivity index (χ2n) is 4.84. The summed E-state index contributed by atoms with van der Waals surface area (Å²) in [5.74, 6) is 0.744. The van der Waals surface area contributed by atoms with Crippen molar-refractivity contribution in [2.75, 3.05) is 19.8 Å². The zero-order valence-electron chi connectivity index (χ0n) is 9.91. The topological polar surface area (TPSA) is 47.6 Å². The van der Waals surface area contributed by atoms with E-state index in [1.54, 1.807) is 0 Å². The van der Waals surface area contributed by atoms with Gasteiger partial charge in [0.2, 0.25) is 5.91 Å². The Labute approximate surface area is 96.7 Å². The molecule has 2 rings (SSSR count). The van der Waals surface area contributed by atoms with E-state index in [9.17, 15) is 4.79 Å². The van der Waals surface area contributed by atoms with Crippen LogP contribution in [0.25, 0.3) is 0 Å². The largest absolute Gasteiger partial charge is 0.379 e. The molecule has 4 nitrogen and oxygen atoms in total. The number of ether oxygens (including phenoxy) is 2. The third-order valence-electron chi connectivity index (χ3n) is 3.45. The summed E-state index contributed by atoms with van der Waals surface area (Å²) in [5, 5.41) is 2.90. The minimum atomic E-state index is -0.00672. The molecule has 1 aliphatic carbocycles. The van der Waals surface area contributed by atoms with Crippen molar-refractivity contribution in [3.05, 3.63) is 0 Å². The van der Waals surface area contributed by atoms with E-state index in [0.717, 1.165) is 25.6 Å². The Morgan fingerprint density at radius 2 is 2.25 bits per heavy atom. The maximum absolute atomic E-state index is 11.0. The van der Waals surface area contributed by atoms with Gasteiger partial charge in [0.1, 0.15) is 0 Å². The highest BCUT2D eigenvalue weighted by Crippen LogP contribution is 2.27. The molecular formula is C12H21NO3. The molecule has 2 fully saturated rings. The van der Waals surface area contributed by atoms with Gasteiger partial charge in [0.25, 0.3) is 0 Å². The van der Waals surface area contributed by atoms with Crippen LogP contribution in [-0.4, -0.2) is 37.9 Å². The van der Waals surface area contributed by atoms with Gasteiger partial charge in [-0.25, -0.2) is 0 Å². The molecule has 2 atom stereocenters. The highest BCUT2D eigenvalue weighted by atomic mass is 16.5. The van der Waals surface area contributed by atoms with Crippen LogP contribution in [0.3, 0.4) is 0 Å². The number of rotatable bonds is 4. The normalized spacial score (nSPS) is 30.8. The Bertz CT molecular complexity index is 240. The number of hydrogen-bond acceptors (Lipinski definition) is 3. The second-order valence-corrected chi connectivity index (χ2v) is 4.84. The maximum Gasteiger partial charge on any atom is 0.217 e. The van der Waals surface area contributed by atoms with Gasteiger partial charge in [-0.3, -0.25) is 4.79 Å². The van der Waals surface area contributed by atoms with Crippen LogP contribution < -0.4 is 5.32 Å². The van der Waals surface area contributed by atoms with Crippen LogP contribution in [0.1, 0.15) is 32.6 Å². The molecule has 1 saturated heterocycles. The van der Waals surface area contributed by atoms with E-state index in [0.29, 0.717) is 6.61 Å². The molecule has 2 aliphatic rings. The monoisotopic (exact) mass is 227 g/mol. The fourth-order valence-corrected chi connectivity index (χ4v) is 2.23. The Hall–Kier alpha value is -0.610. The van der Waals surface area contributed by atoms with E-state index in [4.69, 9.17) is 9.47 Å². The first-order chi connectivity index (χ1) is 7.75. The van der Waals surface area contributed by atoms with Crippen LogP contribution in [0, 0.1) is 5.92 Å². The van der Waals surface area contributed by atoms with Crippen LogP contribution in [0.2, 0.25) is 0 Å². The first-order valence-electron chi connectivity index (χ1n) is 6.22. The molecule has 16 heavy (non-hydrogen) atoms. The number of carbonyl (C=O) groups is 1. The quantitative estimate of drug-likeness (QED) is 0.782. The number of hydrogen-bond donors (Lipinski definition) is 1. The summed E-state index contributed by atoms with van der Waals surface area (Å²) in [5.41, 5.74) is 0. The minimum Gasteiger partial charge on any atom is -0.379 e. The predicted octanol–water partition coefficient (Wildman–Crippen LogP) is 1.10. The highest BCUT2D eigenvalue weighted by Gasteiger charge is 2.28. The molecule has 0 unspecified atom stereocenters. The highest BCUT2D eigenvalue weighted by molar-refractivity contribution is 5.73. The van der Waals surface area contributed by atoms with E-state index in [1.807, 2.05) is 0 Å². The fraction of sp³-hybridized carbons (Fsp3) is 0.917. The molecule has 0 radical (unpaired) electrons. The van der Waals surface area contributed by atoms with Gasteiger partial charge >= 0.3 is 0 Å². The number of amides is 1. The standard InChI is InChI=1S/C12H21NO3/c1-9(14)13-11-8-15-6-5-12(11)16-7-10-3-2-4-10/h10-12H,2-8H2,1H3,(H,13,14)/t11-,12+/m1/s1. The predicted molar refractivity (Wildman–Crippen MR) is 60.1 cm³/mol. The summed E-state index contributed by atoms with van der Waals surface area (Å²) < 4.78 is 11.3. The molecule has 0 aromatic heterocycles. The van der Waals surface area contributed by atoms with Gasteiger partial charge in [0, 0.05) is 20.1 Å². The van der Waals surface area contributed by atoms with Gasteiger partial charge in [-0.1, -0.05) is 6.42 Å². The van der Waals surface area contributed by atoms with Gasteiger partial charge in [-0.05, 0) is 25.2 Å². The van der Waals surface area contributed by atoms with Crippen molar-refractivity contribution in [3.8, 4) is 0 Å². The SMILES string of the molecule is CC(=O)N[C@@H]1COCC[C@@H]1OCC1CCC1. The molecule has 1 amide bonds. The van der Waals surface area contributed by atoms with Crippen LogP contribution in [0.15, 0.2) is 0 Å². The van der Waals surface area contributed by atoms with Crippen LogP contribution in [0.4, 0.5) is 0 Å². The molecule has 0 aromatic rings. The Morgan fingerprint density at radius 3 is 2.88 bits per heavy atom. The molecule has 0 spiro atoms. The summed E-state index contributed by atoms with van der Waals surface area (Å²) in [6.07, 6.45) is 4.97. The van der Waals surface area contributed by atoms with Crippen molar-refractivity contribution >= 4 is 5.91 Å². The van der Waals surface area contributed by atoms with Gasteiger partial charge in [0.15, 0.2) is 0 Å². The first-order valence-corrected chi connectivity index (χ1v) is 6.22. The van der Waals surface area contributed by atoms with Crippen molar-refractivity contribution in [3.63, 3.8) is 0 Å². The summed E-state index contributed by atoms with van der Waals surface area (Å²) in [7, 11) is 0. The lowest BCUT2D eigenvalue weighted by atomic mass is 9.86. The molecule has 1 saturated carbocycles.